The van der Waals surface area contributed by atoms with Crippen molar-refractivity contribution in [3.8, 4) is 0 Å². The van der Waals surface area contributed by atoms with E-state index in [-0.39, 0.29) is 12.0 Å². The zero-order valence-corrected chi connectivity index (χ0v) is 9.71. The number of hydrogen-bond donors (Lipinski definition) is 2. The Balaban J connectivity index is 1.59. The van der Waals surface area contributed by atoms with Gasteiger partial charge in [0.25, 0.3) is 0 Å². The van der Waals surface area contributed by atoms with Gasteiger partial charge in [0.2, 0.25) is 0 Å². The van der Waals surface area contributed by atoms with E-state index in [9.17, 15) is 4.79 Å². The van der Waals surface area contributed by atoms with Crippen LogP contribution >= 0.6 is 0 Å². The van der Waals surface area contributed by atoms with Gasteiger partial charge in [-0.15, -0.1) is 0 Å². The molecule has 5 heteroatoms. The van der Waals surface area contributed by atoms with Gasteiger partial charge in [0.15, 0.2) is 0 Å². The van der Waals surface area contributed by atoms with Gasteiger partial charge in [0.05, 0.1) is 0 Å². The summed E-state index contributed by atoms with van der Waals surface area (Å²) in [7, 11) is 0. The Labute approximate surface area is 96.5 Å². The molecule has 2 aliphatic rings. The predicted octanol–water partition coefficient (Wildman–Crippen LogP) is -0.813. The highest BCUT2D eigenvalue weighted by Crippen LogP contribution is 2.06. The summed E-state index contributed by atoms with van der Waals surface area (Å²) in [5.41, 5.74) is 0. The molecule has 0 aromatic rings. The summed E-state index contributed by atoms with van der Waals surface area (Å²) in [6.45, 7) is 6.16. The zero-order chi connectivity index (χ0) is 11.2. The van der Waals surface area contributed by atoms with Crippen LogP contribution in [0, 0.1) is 0 Å². The van der Waals surface area contributed by atoms with Crippen molar-refractivity contribution in [3.63, 3.8) is 0 Å². The van der Waals surface area contributed by atoms with Crippen LogP contribution in [-0.4, -0.2) is 62.8 Å². The summed E-state index contributed by atoms with van der Waals surface area (Å²) in [6.07, 6.45) is 2.56. The molecule has 16 heavy (non-hydrogen) atoms. The third-order valence-corrected chi connectivity index (χ3v) is 3.18. The highest BCUT2D eigenvalue weighted by molar-refractivity contribution is 5.76. The minimum absolute atomic E-state index is 0.119. The average Bonchev–Trinajstić information content (AvgIpc) is 2.83. The Morgan fingerprint density at radius 3 is 2.81 bits per heavy atom. The van der Waals surface area contributed by atoms with E-state index in [0.717, 1.165) is 32.7 Å². The first-order chi connectivity index (χ1) is 7.86. The predicted molar refractivity (Wildman–Crippen MR) is 61.3 cm³/mol. The topological polar surface area (TPSA) is 53.6 Å². The molecule has 0 radical (unpaired) electrons. The third-order valence-electron chi connectivity index (χ3n) is 3.18. The van der Waals surface area contributed by atoms with Crippen molar-refractivity contribution in [1.29, 1.82) is 0 Å². The van der Waals surface area contributed by atoms with Gasteiger partial charge >= 0.3 is 5.97 Å². The molecule has 0 bridgehead atoms. The number of nitrogens with one attached hydrogen (secondary N) is 2. The molecule has 2 saturated heterocycles. The van der Waals surface area contributed by atoms with Crippen molar-refractivity contribution in [2.45, 2.75) is 18.9 Å². The number of hydrogen-bond acceptors (Lipinski definition) is 5. The molecular formula is C11H21N3O2. The summed E-state index contributed by atoms with van der Waals surface area (Å²) in [5.74, 6) is -0.119. The van der Waals surface area contributed by atoms with E-state index in [4.69, 9.17) is 4.74 Å². The summed E-state index contributed by atoms with van der Waals surface area (Å²) in [6, 6.07) is -0.160. The van der Waals surface area contributed by atoms with Crippen LogP contribution in [0.3, 0.4) is 0 Å². The Kier molecular flexibility index (Phi) is 4.56. The second-order valence-electron chi connectivity index (χ2n) is 4.43. The van der Waals surface area contributed by atoms with Crippen LogP contribution in [0.2, 0.25) is 0 Å². The van der Waals surface area contributed by atoms with Gasteiger partial charge in [0, 0.05) is 26.2 Å². The van der Waals surface area contributed by atoms with Crippen LogP contribution in [0.15, 0.2) is 0 Å². The molecule has 2 rings (SSSR count). The van der Waals surface area contributed by atoms with Crippen LogP contribution in [0.1, 0.15) is 12.8 Å². The quantitative estimate of drug-likeness (QED) is 0.615. The minimum atomic E-state index is -0.160. The molecule has 5 nitrogen and oxygen atoms in total. The van der Waals surface area contributed by atoms with Crippen molar-refractivity contribution in [2.75, 3.05) is 45.9 Å². The van der Waals surface area contributed by atoms with E-state index in [2.05, 4.69) is 15.5 Å². The second kappa shape index (κ2) is 6.18. The first-order valence-electron chi connectivity index (χ1n) is 6.19. The van der Waals surface area contributed by atoms with E-state index in [1.165, 1.54) is 12.8 Å². The molecule has 0 saturated carbocycles. The lowest BCUT2D eigenvalue weighted by Crippen LogP contribution is -2.53. The molecule has 1 atom stereocenters. The van der Waals surface area contributed by atoms with Crippen LogP contribution < -0.4 is 10.6 Å². The third kappa shape index (κ3) is 3.43. The average molecular weight is 227 g/mol. The molecule has 2 heterocycles. The maximum absolute atomic E-state index is 11.6. The van der Waals surface area contributed by atoms with E-state index in [1.54, 1.807) is 0 Å². The smallest absolute Gasteiger partial charge is 0.324 e. The van der Waals surface area contributed by atoms with Crippen LogP contribution in [0.5, 0.6) is 0 Å². The maximum Gasteiger partial charge on any atom is 0.324 e. The largest absolute Gasteiger partial charge is 0.463 e. The fourth-order valence-corrected chi connectivity index (χ4v) is 2.20. The number of piperazine rings is 1. The highest BCUT2D eigenvalue weighted by Gasteiger charge is 2.21. The summed E-state index contributed by atoms with van der Waals surface area (Å²) in [4.78, 5) is 14.0. The fourth-order valence-electron chi connectivity index (χ4n) is 2.20. The highest BCUT2D eigenvalue weighted by atomic mass is 16.5. The second-order valence-corrected chi connectivity index (χ2v) is 4.43. The number of esters is 1. The number of ether oxygens (including phenoxy) is 1. The van der Waals surface area contributed by atoms with E-state index in [0.29, 0.717) is 13.2 Å². The van der Waals surface area contributed by atoms with Crippen molar-refractivity contribution in [1.82, 2.24) is 15.5 Å². The number of carbonyl (C=O) groups excluding carboxylic acids is 1. The molecule has 1 unspecified atom stereocenters. The Morgan fingerprint density at radius 1 is 1.31 bits per heavy atom. The van der Waals surface area contributed by atoms with E-state index < -0.39 is 0 Å². The molecule has 2 fully saturated rings. The lowest BCUT2D eigenvalue weighted by atomic mass is 10.2. The van der Waals surface area contributed by atoms with Gasteiger partial charge in [-0.05, 0) is 25.9 Å². The first kappa shape index (κ1) is 11.8. The molecule has 2 N–H and O–H groups in total. The first-order valence-corrected chi connectivity index (χ1v) is 6.19. The van der Waals surface area contributed by atoms with Gasteiger partial charge in [-0.2, -0.15) is 0 Å². The summed E-state index contributed by atoms with van der Waals surface area (Å²) in [5, 5.41) is 6.32. The Morgan fingerprint density at radius 2 is 2.12 bits per heavy atom. The van der Waals surface area contributed by atoms with Crippen molar-refractivity contribution in [3.05, 3.63) is 0 Å². The lowest BCUT2D eigenvalue weighted by molar-refractivity contribution is -0.146. The Bertz CT molecular complexity index is 223. The van der Waals surface area contributed by atoms with Crippen LogP contribution in [0.4, 0.5) is 0 Å². The van der Waals surface area contributed by atoms with Crippen molar-refractivity contribution >= 4 is 5.97 Å². The standard InChI is InChI=1S/C11H21N3O2/c15-11(10-9-12-3-4-13-10)16-8-7-14-5-1-2-6-14/h10,12-13H,1-9H2. The van der Waals surface area contributed by atoms with Gasteiger partial charge in [-0.1, -0.05) is 0 Å². The van der Waals surface area contributed by atoms with E-state index >= 15 is 0 Å². The number of nitrogens with zero attached hydrogens (tertiary/aromatic N) is 1. The monoisotopic (exact) mass is 227 g/mol. The fraction of sp³-hybridized carbons (Fsp3) is 0.909. The zero-order valence-electron chi connectivity index (χ0n) is 9.71. The van der Waals surface area contributed by atoms with E-state index in [1.807, 2.05) is 0 Å². The van der Waals surface area contributed by atoms with Crippen LogP contribution in [0.25, 0.3) is 0 Å². The molecule has 2 aliphatic heterocycles. The molecule has 0 aliphatic carbocycles. The van der Waals surface area contributed by atoms with Crippen molar-refractivity contribution in [2.24, 2.45) is 0 Å². The lowest BCUT2D eigenvalue weighted by Gasteiger charge is -2.23. The molecule has 0 amide bonds. The maximum atomic E-state index is 11.6. The molecular weight excluding hydrogens is 206 g/mol. The number of rotatable bonds is 4. The summed E-state index contributed by atoms with van der Waals surface area (Å²) < 4.78 is 5.26. The van der Waals surface area contributed by atoms with Gasteiger partial charge in [-0.3, -0.25) is 9.69 Å². The number of likely N-dealkylation sites (tertiary alicyclic amines) is 1. The van der Waals surface area contributed by atoms with Gasteiger partial charge in [-0.25, -0.2) is 0 Å². The Hall–Kier alpha value is -0.650. The molecule has 0 spiro atoms. The molecule has 92 valence electrons. The van der Waals surface area contributed by atoms with Gasteiger partial charge < -0.3 is 15.4 Å². The van der Waals surface area contributed by atoms with Crippen molar-refractivity contribution < 1.29 is 9.53 Å². The minimum Gasteiger partial charge on any atom is -0.463 e. The molecule has 0 aromatic carbocycles. The SMILES string of the molecule is O=C(OCCN1CCCC1)C1CNCCN1. The molecule has 0 aromatic heterocycles. The van der Waals surface area contributed by atoms with Crippen LogP contribution in [-0.2, 0) is 9.53 Å². The number of carbonyl (C=O) groups is 1. The van der Waals surface area contributed by atoms with Gasteiger partial charge in [0.1, 0.15) is 12.6 Å². The summed E-state index contributed by atoms with van der Waals surface area (Å²) >= 11 is 0. The normalized spacial score (nSPS) is 26.9.